The molecule has 0 amide bonds. The van der Waals surface area contributed by atoms with E-state index in [0.717, 1.165) is 61.2 Å². The Hall–Kier alpha value is -1.23. The molecule has 1 aromatic heterocycles. The quantitative estimate of drug-likeness (QED) is 0.472. The highest BCUT2D eigenvalue weighted by molar-refractivity contribution is 6.35. The molecule has 2 N–H and O–H groups in total. The van der Waals surface area contributed by atoms with Gasteiger partial charge in [-0.2, -0.15) is 0 Å². The Kier molecular flexibility index (Phi) is 6.41. The van der Waals surface area contributed by atoms with Crippen molar-refractivity contribution in [1.82, 2.24) is 9.97 Å². The van der Waals surface area contributed by atoms with Crippen LogP contribution in [0, 0.1) is 46.3 Å². The lowest BCUT2D eigenvalue weighted by molar-refractivity contribution is -0.174. The second-order valence-electron chi connectivity index (χ2n) is 13.4. The van der Waals surface area contributed by atoms with Crippen LogP contribution in [0.25, 0.3) is 10.9 Å². The molecule has 196 valence electrons. The lowest BCUT2D eigenvalue weighted by Gasteiger charge is -2.62. The maximum atomic E-state index is 11.8. The van der Waals surface area contributed by atoms with Crippen molar-refractivity contribution in [2.75, 3.05) is 0 Å². The van der Waals surface area contributed by atoms with Gasteiger partial charge in [0.25, 0.3) is 0 Å². The first-order chi connectivity index (χ1) is 17.2. The van der Waals surface area contributed by atoms with E-state index < -0.39 is 0 Å². The standard InChI is InChI=1S/C31H43ClN2O2/c1-18(7-12-29-33-17-22-26(32)5-4-6-27(22)34-29)23-10-11-24-21-9-8-19-15-20(35)13-14-30(19,2)25(21)16-28(36)31(23,24)3/h4-6,17-21,23-25,28,35-36H,7-16H2,1-3H3/t18-,19-,20-,21+,23-,24+,25?,28+,30+,31-/m1/s1. The van der Waals surface area contributed by atoms with Gasteiger partial charge in [-0.25, -0.2) is 9.97 Å². The van der Waals surface area contributed by atoms with Crippen molar-refractivity contribution in [3.63, 3.8) is 0 Å². The number of benzene rings is 1. The highest BCUT2D eigenvalue weighted by atomic mass is 35.5. The van der Waals surface area contributed by atoms with E-state index in [9.17, 15) is 10.2 Å². The summed E-state index contributed by atoms with van der Waals surface area (Å²) in [5.41, 5.74) is 1.22. The van der Waals surface area contributed by atoms with E-state index in [2.05, 4.69) is 25.8 Å². The van der Waals surface area contributed by atoms with E-state index >= 15 is 0 Å². The minimum atomic E-state index is -0.222. The fraction of sp³-hybridized carbons (Fsp3) is 0.742. The summed E-state index contributed by atoms with van der Waals surface area (Å²) in [6.45, 7) is 7.33. The van der Waals surface area contributed by atoms with E-state index in [1.807, 2.05) is 24.4 Å². The molecule has 0 radical (unpaired) electrons. The van der Waals surface area contributed by atoms with Crippen LogP contribution in [0.15, 0.2) is 24.4 Å². The van der Waals surface area contributed by atoms with Crippen LogP contribution in [0.2, 0.25) is 5.02 Å². The van der Waals surface area contributed by atoms with Gasteiger partial charge in [0.05, 0.1) is 22.7 Å². The number of aryl methyl sites for hydroxylation is 1. The molecule has 4 nitrogen and oxygen atoms in total. The van der Waals surface area contributed by atoms with Gasteiger partial charge in [-0.1, -0.05) is 38.4 Å². The summed E-state index contributed by atoms with van der Waals surface area (Å²) in [4.78, 5) is 9.41. The lowest BCUT2D eigenvalue weighted by atomic mass is 9.43. The van der Waals surface area contributed by atoms with Crippen molar-refractivity contribution in [1.29, 1.82) is 0 Å². The second-order valence-corrected chi connectivity index (χ2v) is 13.8. The Bertz CT molecular complexity index is 1120. The summed E-state index contributed by atoms with van der Waals surface area (Å²) in [7, 11) is 0. The van der Waals surface area contributed by atoms with Crippen molar-refractivity contribution in [3.8, 4) is 0 Å². The van der Waals surface area contributed by atoms with E-state index in [-0.39, 0.29) is 17.6 Å². The van der Waals surface area contributed by atoms with Crippen molar-refractivity contribution >= 4 is 22.5 Å². The lowest BCUT2D eigenvalue weighted by Crippen LogP contribution is -2.58. The number of nitrogens with zero attached hydrogens (tertiary/aromatic N) is 2. The van der Waals surface area contributed by atoms with Crippen molar-refractivity contribution in [2.45, 2.75) is 97.2 Å². The molecule has 4 aliphatic carbocycles. The summed E-state index contributed by atoms with van der Waals surface area (Å²) in [6, 6.07) is 5.84. The van der Waals surface area contributed by atoms with E-state index in [4.69, 9.17) is 16.6 Å². The number of hydrogen-bond donors (Lipinski definition) is 2. The summed E-state index contributed by atoms with van der Waals surface area (Å²) in [6.07, 6.45) is 12.5. The molecule has 6 rings (SSSR count). The molecule has 5 heteroatoms. The smallest absolute Gasteiger partial charge is 0.128 e. The third-order valence-corrected chi connectivity index (χ3v) is 12.3. The molecule has 4 fully saturated rings. The molecule has 0 aliphatic heterocycles. The minimum absolute atomic E-state index is 0.00965. The minimum Gasteiger partial charge on any atom is -0.393 e. The zero-order valence-electron chi connectivity index (χ0n) is 22.2. The van der Waals surface area contributed by atoms with Crippen LogP contribution in [0.3, 0.4) is 0 Å². The van der Waals surface area contributed by atoms with Crippen molar-refractivity contribution < 1.29 is 10.2 Å². The number of rotatable bonds is 4. The van der Waals surface area contributed by atoms with Gasteiger partial charge in [-0.3, -0.25) is 0 Å². The average Bonchev–Trinajstić information content (AvgIpc) is 3.22. The summed E-state index contributed by atoms with van der Waals surface area (Å²) < 4.78 is 0. The van der Waals surface area contributed by atoms with E-state index in [0.29, 0.717) is 40.0 Å². The topological polar surface area (TPSA) is 66.2 Å². The molecule has 36 heavy (non-hydrogen) atoms. The van der Waals surface area contributed by atoms with E-state index in [1.165, 1.54) is 25.7 Å². The molecule has 2 aromatic rings. The monoisotopic (exact) mass is 510 g/mol. The molecule has 0 spiro atoms. The van der Waals surface area contributed by atoms with Crippen LogP contribution in [0.5, 0.6) is 0 Å². The number of aliphatic hydroxyl groups excluding tert-OH is 2. The van der Waals surface area contributed by atoms with Crippen molar-refractivity contribution in [2.24, 2.45) is 46.3 Å². The van der Waals surface area contributed by atoms with Crippen LogP contribution < -0.4 is 0 Å². The van der Waals surface area contributed by atoms with Crippen LogP contribution >= 0.6 is 11.6 Å². The number of aromatic nitrogens is 2. The highest BCUT2D eigenvalue weighted by Crippen LogP contribution is 2.68. The highest BCUT2D eigenvalue weighted by Gasteiger charge is 2.63. The fourth-order valence-corrected chi connectivity index (χ4v) is 10.1. The number of fused-ring (bicyclic) bond motifs is 6. The largest absolute Gasteiger partial charge is 0.393 e. The number of halogens is 1. The van der Waals surface area contributed by atoms with Crippen LogP contribution in [0.4, 0.5) is 0 Å². The first kappa shape index (κ1) is 25.1. The molecule has 4 aliphatic rings. The van der Waals surface area contributed by atoms with Crippen LogP contribution in [-0.4, -0.2) is 32.4 Å². The Morgan fingerprint density at radius 1 is 1.06 bits per heavy atom. The predicted octanol–water partition coefficient (Wildman–Crippen LogP) is 6.84. The molecule has 0 bridgehead atoms. The Balaban J connectivity index is 1.18. The molecule has 1 unspecified atom stereocenters. The Morgan fingerprint density at radius 2 is 1.89 bits per heavy atom. The number of hydrogen-bond acceptors (Lipinski definition) is 4. The molecular weight excluding hydrogens is 468 g/mol. The van der Waals surface area contributed by atoms with Gasteiger partial charge in [-0.05, 0) is 116 Å². The first-order valence-electron chi connectivity index (χ1n) is 14.5. The maximum Gasteiger partial charge on any atom is 0.128 e. The van der Waals surface area contributed by atoms with Crippen molar-refractivity contribution in [3.05, 3.63) is 35.2 Å². The van der Waals surface area contributed by atoms with Crippen LogP contribution in [-0.2, 0) is 6.42 Å². The van der Waals surface area contributed by atoms with Gasteiger partial charge < -0.3 is 10.2 Å². The normalized spacial score (nSPS) is 43.0. The third-order valence-electron chi connectivity index (χ3n) is 11.9. The van der Waals surface area contributed by atoms with Gasteiger partial charge >= 0.3 is 0 Å². The molecule has 10 atom stereocenters. The molecule has 1 heterocycles. The summed E-state index contributed by atoms with van der Waals surface area (Å²) in [5, 5.41) is 23.7. The third kappa shape index (κ3) is 3.84. The van der Waals surface area contributed by atoms with Gasteiger partial charge in [-0.15, -0.1) is 0 Å². The van der Waals surface area contributed by atoms with Gasteiger partial charge in [0.1, 0.15) is 5.82 Å². The molecular formula is C31H43ClN2O2. The zero-order valence-corrected chi connectivity index (χ0v) is 22.9. The maximum absolute atomic E-state index is 11.8. The average molecular weight is 511 g/mol. The zero-order chi connectivity index (χ0) is 25.2. The fourth-order valence-electron chi connectivity index (χ4n) is 9.90. The summed E-state index contributed by atoms with van der Waals surface area (Å²) >= 11 is 6.30. The Morgan fingerprint density at radius 3 is 2.72 bits per heavy atom. The van der Waals surface area contributed by atoms with Gasteiger partial charge in [0.2, 0.25) is 0 Å². The van der Waals surface area contributed by atoms with Gasteiger partial charge in [0.15, 0.2) is 0 Å². The molecule has 0 saturated heterocycles. The predicted molar refractivity (Wildman–Crippen MR) is 145 cm³/mol. The van der Waals surface area contributed by atoms with Crippen LogP contribution in [0.1, 0.15) is 84.4 Å². The molecule has 4 saturated carbocycles. The second kappa shape index (κ2) is 9.20. The Labute approximate surface area is 221 Å². The first-order valence-corrected chi connectivity index (χ1v) is 14.9. The SMILES string of the molecule is C[C@H](CCc1ncc2c(Cl)cccc2n1)[C@H]1CC[C@H]2[C@@H]3CC[C@@H]4C[C@H](O)CC[C@]4(C)C3C[C@H](O)[C@]12C. The molecule has 1 aromatic carbocycles. The van der Waals surface area contributed by atoms with Gasteiger partial charge in [0, 0.05) is 18.0 Å². The van der Waals surface area contributed by atoms with E-state index in [1.54, 1.807) is 0 Å². The summed E-state index contributed by atoms with van der Waals surface area (Å²) in [5.74, 6) is 4.58. The number of aliphatic hydroxyl groups is 2.